The molecule has 0 bridgehead atoms. The van der Waals surface area contributed by atoms with Crippen LogP contribution in [0.5, 0.6) is 0 Å². The molecule has 0 aliphatic heterocycles. The molecule has 0 N–H and O–H groups in total. The first-order chi connectivity index (χ1) is 11.0. The van der Waals surface area contributed by atoms with E-state index < -0.39 is 9.84 Å². The number of hydrogen-bond acceptors (Lipinski definition) is 6. The van der Waals surface area contributed by atoms with Crippen molar-refractivity contribution < 1.29 is 13.2 Å². The number of aromatic nitrogens is 4. The number of ether oxygens (including phenoxy) is 1. The summed E-state index contributed by atoms with van der Waals surface area (Å²) < 4.78 is 31.9. The lowest BCUT2D eigenvalue weighted by molar-refractivity contribution is 0.198. The number of hydrogen-bond donors (Lipinski definition) is 0. The standard InChI is InChI=1S/C15H22N4O3S/c1-12(11-23(20,21)15-17-6-4-7-18-15)13(2)19-9-8-16-14(19)5-10-22-3/h4,6-9,12-13H,5,10-11H2,1-3H3. The minimum absolute atomic E-state index is 0.0113. The summed E-state index contributed by atoms with van der Waals surface area (Å²) in [5, 5.41) is -0.121. The summed E-state index contributed by atoms with van der Waals surface area (Å²) in [7, 11) is -1.86. The van der Waals surface area contributed by atoms with Crippen molar-refractivity contribution >= 4 is 9.84 Å². The molecule has 0 spiro atoms. The Balaban J connectivity index is 2.11. The molecule has 0 fully saturated rings. The Morgan fingerprint density at radius 2 is 1.87 bits per heavy atom. The van der Waals surface area contributed by atoms with Gasteiger partial charge in [0.1, 0.15) is 5.82 Å². The molecule has 0 saturated heterocycles. The highest BCUT2D eigenvalue weighted by Gasteiger charge is 2.26. The summed E-state index contributed by atoms with van der Waals surface area (Å²) in [6.45, 7) is 4.48. The maximum Gasteiger partial charge on any atom is 0.247 e. The summed E-state index contributed by atoms with van der Waals surface area (Å²) in [5.74, 6) is 0.763. The van der Waals surface area contributed by atoms with Crippen LogP contribution in [0.3, 0.4) is 0 Å². The van der Waals surface area contributed by atoms with Gasteiger partial charge in [-0.05, 0) is 18.9 Å². The Morgan fingerprint density at radius 3 is 2.52 bits per heavy atom. The summed E-state index contributed by atoms with van der Waals surface area (Å²) in [4.78, 5) is 12.0. The van der Waals surface area contributed by atoms with Crippen LogP contribution in [-0.4, -0.2) is 47.4 Å². The van der Waals surface area contributed by atoms with Crippen LogP contribution >= 0.6 is 0 Å². The molecule has 2 unspecified atom stereocenters. The first kappa shape index (κ1) is 17.6. The van der Waals surface area contributed by atoms with Crippen LogP contribution in [0, 0.1) is 5.92 Å². The van der Waals surface area contributed by atoms with Gasteiger partial charge < -0.3 is 9.30 Å². The van der Waals surface area contributed by atoms with Gasteiger partial charge in [0.2, 0.25) is 15.0 Å². The fourth-order valence-corrected chi connectivity index (χ4v) is 3.94. The lowest BCUT2D eigenvalue weighted by Gasteiger charge is -2.23. The third-order valence-corrected chi connectivity index (χ3v) is 5.58. The maximum atomic E-state index is 12.4. The van der Waals surface area contributed by atoms with Crippen LogP contribution in [-0.2, 0) is 21.0 Å². The second-order valence-electron chi connectivity index (χ2n) is 5.52. The largest absolute Gasteiger partial charge is 0.384 e. The monoisotopic (exact) mass is 338 g/mol. The van der Waals surface area contributed by atoms with Crippen molar-refractivity contribution in [2.45, 2.75) is 31.5 Å². The van der Waals surface area contributed by atoms with Gasteiger partial charge in [-0.15, -0.1) is 0 Å². The van der Waals surface area contributed by atoms with Crippen LogP contribution in [0.4, 0.5) is 0 Å². The molecule has 2 rings (SSSR count). The zero-order chi connectivity index (χ0) is 16.9. The smallest absolute Gasteiger partial charge is 0.247 e. The number of nitrogens with zero attached hydrogens (tertiary/aromatic N) is 4. The topological polar surface area (TPSA) is 87.0 Å². The van der Waals surface area contributed by atoms with Crippen molar-refractivity contribution in [1.29, 1.82) is 0 Å². The van der Waals surface area contributed by atoms with Crippen LogP contribution < -0.4 is 0 Å². The third kappa shape index (κ3) is 4.35. The molecule has 0 radical (unpaired) electrons. The molecule has 2 heterocycles. The highest BCUT2D eigenvalue weighted by molar-refractivity contribution is 7.91. The minimum atomic E-state index is -3.51. The fourth-order valence-electron chi connectivity index (χ4n) is 2.38. The average molecular weight is 338 g/mol. The molecule has 0 aliphatic carbocycles. The number of methoxy groups -OCH3 is 1. The maximum absolute atomic E-state index is 12.4. The van der Waals surface area contributed by atoms with E-state index in [1.54, 1.807) is 19.4 Å². The Kier molecular flexibility index (Phi) is 5.84. The van der Waals surface area contributed by atoms with Crippen molar-refractivity contribution in [3.05, 3.63) is 36.7 Å². The Hall–Kier alpha value is -1.80. The molecule has 2 aromatic heterocycles. The minimum Gasteiger partial charge on any atom is -0.384 e. The third-order valence-electron chi connectivity index (χ3n) is 3.84. The quantitative estimate of drug-likeness (QED) is 0.679. The van der Waals surface area contributed by atoms with E-state index in [0.29, 0.717) is 13.0 Å². The molecule has 0 saturated carbocycles. The molecule has 23 heavy (non-hydrogen) atoms. The van der Waals surface area contributed by atoms with Gasteiger partial charge in [-0.2, -0.15) is 0 Å². The van der Waals surface area contributed by atoms with Gasteiger partial charge in [-0.25, -0.2) is 23.4 Å². The van der Waals surface area contributed by atoms with Gasteiger partial charge in [0.05, 0.1) is 12.4 Å². The Labute approximate surface area is 136 Å². The first-order valence-corrected chi connectivity index (χ1v) is 9.11. The van der Waals surface area contributed by atoms with E-state index in [2.05, 4.69) is 15.0 Å². The van der Waals surface area contributed by atoms with Crippen LogP contribution in [0.2, 0.25) is 0 Å². The lowest BCUT2D eigenvalue weighted by atomic mass is 10.1. The van der Waals surface area contributed by atoms with Gasteiger partial charge in [0, 0.05) is 44.4 Å². The van der Waals surface area contributed by atoms with Crippen LogP contribution in [0.25, 0.3) is 0 Å². The highest BCUT2D eigenvalue weighted by atomic mass is 32.2. The van der Waals surface area contributed by atoms with Gasteiger partial charge >= 0.3 is 0 Å². The number of rotatable bonds is 8. The molecule has 7 nitrogen and oxygen atoms in total. The second kappa shape index (κ2) is 7.65. The Morgan fingerprint density at radius 1 is 1.17 bits per heavy atom. The number of sulfone groups is 1. The molecular formula is C15H22N4O3S. The van der Waals surface area contributed by atoms with E-state index in [4.69, 9.17) is 4.74 Å². The molecule has 126 valence electrons. The number of imidazole rings is 1. The van der Waals surface area contributed by atoms with E-state index in [-0.39, 0.29) is 22.9 Å². The molecule has 0 amide bonds. The molecule has 0 aliphatic rings. The van der Waals surface area contributed by atoms with E-state index >= 15 is 0 Å². The van der Waals surface area contributed by atoms with Crippen molar-refractivity contribution in [3.63, 3.8) is 0 Å². The summed E-state index contributed by atoms with van der Waals surface area (Å²) in [5.41, 5.74) is 0. The lowest BCUT2D eigenvalue weighted by Crippen LogP contribution is -2.24. The summed E-state index contributed by atoms with van der Waals surface area (Å²) in [6, 6.07) is 1.58. The van der Waals surface area contributed by atoms with Gasteiger partial charge in [0.15, 0.2) is 0 Å². The Bertz CT molecular complexity index is 715. The average Bonchev–Trinajstić information content (AvgIpc) is 3.01. The van der Waals surface area contributed by atoms with Crippen LogP contribution in [0.1, 0.15) is 25.7 Å². The second-order valence-corrected chi connectivity index (χ2v) is 7.45. The normalized spacial score (nSPS) is 14.6. The predicted molar refractivity (Wildman–Crippen MR) is 85.8 cm³/mol. The van der Waals surface area contributed by atoms with E-state index in [0.717, 1.165) is 5.82 Å². The molecule has 2 atom stereocenters. The van der Waals surface area contributed by atoms with E-state index in [1.807, 2.05) is 24.6 Å². The van der Waals surface area contributed by atoms with Crippen molar-refractivity contribution in [2.75, 3.05) is 19.5 Å². The van der Waals surface area contributed by atoms with Gasteiger partial charge in [-0.1, -0.05) is 6.92 Å². The van der Waals surface area contributed by atoms with Crippen molar-refractivity contribution in [1.82, 2.24) is 19.5 Å². The van der Waals surface area contributed by atoms with E-state index in [9.17, 15) is 8.42 Å². The first-order valence-electron chi connectivity index (χ1n) is 7.46. The van der Waals surface area contributed by atoms with Crippen LogP contribution in [0.15, 0.2) is 36.0 Å². The zero-order valence-corrected chi connectivity index (χ0v) is 14.4. The zero-order valence-electron chi connectivity index (χ0n) is 13.6. The summed E-state index contributed by atoms with van der Waals surface area (Å²) in [6.07, 6.45) is 7.16. The van der Waals surface area contributed by atoms with E-state index in [1.165, 1.54) is 12.4 Å². The highest BCUT2D eigenvalue weighted by Crippen LogP contribution is 2.22. The van der Waals surface area contributed by atoms with Crippen molar-refractivity contribution in [2.24, 2.45) is 5.92 Å². The fraction of sp³-hybridized carbons (Fsp3) is 0.533. The predicted octanol–water partition coefficient (Wildman–Crippen LogP) is 1.53. The van der Waals surface area contributed by atoms with Gasteiger partial charge in [0.25, 0.3) is 0 Å². The van der Waals surface area contributed by atoms with Crippen molar-refractivity contribution in [3.8, 4) is 0 Å². The molecule has 2 aromatic rings. The molecule has 8 heteroatoms. The molecular weight excluding hydrogens is 316 g/mol. The molecule has 0 aromatic carbocycles. The van der Waals surface area contributed by atoms with Gasteiger partial charge in [-0.3, -0.25) is 0 Å². The SMILES string of the molecule is COCCc1nccn1C(C)C(C)CS(=O)(=O)c1ncccn1. The summed E-state index contributed by atoms with van der Waals surface area (Å²) >= 11 is 0.